The molecule has 0 bridgehead atoms. The van der Waals surface area contributed by atoms with E-state index >= 15 is 0 Å². The van der Waals surface area contributed by atoms with Gasteiger partial charge in [0.1, 0.15) is 5.69 Å². The first-order valence-electron chi connectivity index (χ1n) is 10.3. The molecule has 3 nitrogen and oxygen atoms in total. The predicted octanol–water partition coefficient (Wildman–Crippen LogP) is 5.08. The van der Waals surface area contributed by atoms with E-state index in [1.54, 1.807) is 0 Å². The topological polar surface area (TPSA) is 20.6 Å². The lowest BCUT2D eigenvalue weighted by Crippen LogP contribution is -2.36. The number of hydrogen-bond acceptors (Lipinski definition) is 1. The molecule has 5 rings (SSSR count). The Kier molecular flexibility index (Phi) is 4.32. The molecule has 2 aromatic heterocycles. The fraction of sp³-hybridized carbons (Fsp3) is 0.148. The summed E-state index contributed by atoms with van der Waals surface area (Å²) in [7, 11) is 2.07. The molecule has 2 heterocycles. The molecule has 0 spiro atoms. The highest BCUT2D eigenvalue weighted by Crippen LogP contribution is 2.30. The summed E-state index contributed by atoms with van der Waals surface area (Å²) in [4.78, 5) is 4.61. The van der Waals surface area contributed by atoms with E-state index < -0.39 is 0 Å². The molecule has 0 unspecified atom stereocenters. The minimum absolute atomic E-state index is 1.02. The molecule has 0 aliphatic heterocycles. The smallest absolute Gasteiger partial charge is 0.232 e. The summed E-state index contributed by atoms with van der Waals surface area (Å²) < 4.78 is 4.45. The highest BCUT2D eigenvalue weighted by Gasteiger charge is 2.23. The van der Waals surface area contributed by atoms with Crippen molar-refractivity contribution in [2.45, 2.75) is 20.8 Å². The van der Waals surface area contributed by atoms with Crippen molar-refractivity contribution in [1.29, 1.82) is 0 Å². The van der Waals surface area contributed by atoms with Gasteiger partial charge in [-0.3, -0.25) is 0 Å². The lowest BCUT2D eigenvalue weighted by atomic mass is 9.97. The molecule has 0 radical (unpaired) electrons. The second kappa shape index (κ2) is 7.03. The van der Waals surface area contributed by atoms with Gasteiger partial charge in [-0.2, -0.15) is 4.57 Å². The second-order valence-corrected chi connectivity index (χ2v) is 8.09. The van der Waals surface area contributed by atoms with Crippen LogP contribution in [0.25, 0.3) is 38.6 Å². The Bertz CT molecular complexity index is 1430. The molecule has 3 heteroatoms. The first-order valence-corrected chi connectivity index (χ1v) is 10.3. The Labute approximate surface area is 176 Å². The highest BCUT2D eigenvalue weighted by molar-refractivity contribution is 5.91. The standard InChI is InChI=1S/C27H25N3/c1-18-13-24(27-23-11-7-8-12-25(23)28-17-29(27)4)20(3)26(14-18)30-16-22-10-6-5-9-21(22)15-19(30)2/h5-17H,1-4H3/q+2. The summed E-state index contributed by atoms with van der Waals surface area (Å²) in [5.41, 5.74) is 8.39. The normalized spacial score (nSPS) is 11.3. The number of fused-ring (bicyclic) bond motifs is 2. The van der Waals surface area contributed by atoms with Crippen LogP contribution in [0.2, 0.25) is 0 Å². The molecular formula is C27H25N3+2. The molecule has 0 N–H and O–H groups in total. The van der Waals surface area contributed by atoms with Crippen LogP contribution in [0.15, 0.2) is 79.3 Å². The number of aromatic nitrogens is 3. The summed E-state index contributed by atoms with van der Waals surface area (Å²) in [6.45, 7) is 6.57. The zero-order valence-electron chi connectivity index (χ0n) is 17.8. The van der Waals surface area contributed by atoms with Crippen LogP contribution in [0.3, 0.4) is 0 Å². The minimum Gasteiger partial charge on any atom is -0.232 e. The molecule has 3 aromatic carbocycles. The van der Waals surface area contributed by atoms with E-state index in [0.717, 1.165) is 5.52 Å². The van der Waals surface area contributed by atoms with E-state index in [1.165, 1.54) is 49.9 Å². The van der Waals surface area contributed by atoms with Crippen molar-refractivity contribution in [3.05, 3.63) is 96.1 Å². The van der Waals surface area contributed by atoms with Crippen LogP contribution in [0, 0.1) is 20.8 Å². The molecular weight excluding hydrogens is 366 g/mol. The zero-order chi connectivity index (χ0) is 20.8. The van der Waals surface area contributed by atoms with Gasteiger partial charge in [0.15, 0.2) is 17.4 Å². The Morgan fingerprint density at radius 2 is 1.53 bits per heavy atom. The Morgan fingerprint density at radius 3 is 2.37 bits per heavy atom. The first kappa shape index (κ1) is 18.4. The Morgan fingerprint density at radius 1 is 0.800 bits per heavy atom. The lowest BCUT2D eigenvalue weighted by Gasteiger charge is -2.12. The molecule has 0 saturated carbocycles. The van der Waals surface area contributed by atoms with Crippen LogP contribution in [0.5, 0.6) is 0 Å². The van der Waals surface area contributed by atoms with Crippen LogP contribution < -0.4 is 9.13 Å². The van der Waals surface area contributed by atoms with Crippen molar-refractivity contribution in [3.8, 4) is 16.9 Å². The van der Waals surface area contributed by atoms with Crippen LogP contribution in [-0.4, -0.2) is 4.98 Å². The van der Waals surface area contributed by atoms with Gasteiger partial charge in [0.2, 0.25) is 5.69 Å². The van der Waals surface area contributed by atoms with E-state index in [-0.39, 0.29) is 0 Å². The van der Waals surface area contributed by atoms with E-state index in [4.69, 9.17) is 0 Å². The molecule has 0 aliphatic rings. The maximum atomic E-state index is 4.61. The summed E-state index contributed by atoms with van der Waals surface area (Å²) in [5.74, 6) is 0. The van der Waals surface area contributed by atoms with Crippen molar-refractivity contribution >= 4 is 21.7 Å². The molecule has 0 fully saturated rings. The summed E-state index contributed by atoms with van der Waals surface area (Å²) in [6.07, 6.45) is 4.16. The molecule has 146 valence electrons. The number of pyridine rings is 1. The third-order valence-electron chi connectivity index (χ3n) is 5.93. The average molecular weight is 392 g/mol. The van der Waals surface area contributed by atoms with Crippen LogP contribution in [0.4, 0.5) is 0 Å². The van der Waals surface area contributed by atoms with Crippen LogP contribution in [0.1, 0.15) is 16.8 Å². The van der Waals surface area contributed by atoms with Gasteiger partial charge < -0.3 is 0 Å². The van der Waals surface area contributed by atoms with Crippen molar-refractivity contribution < 1.29 is 9.13 Å². The predicted molar refractivity (Wildman–Crippen MR) is 122 cm³/mol. The average Bonchev–Trinajstić information content (AvgIpc) is 2.75. The fourth-order valence-electron chi connectivity index (χ4n) is 4.41. The van der Waals surface area contributed by atoms with Crippen LogP contribution >= 0.6 is 0 Å². The number of benzene rings is 3. The van der Waals surface area contributed by atoms with Gasteiger partial charge in [-0.05, 0) is 54.0 Å². The lowest BCUT2D eigenvalue weighted by molar-refractivity contribution is -0.662. The third kappa shape index (κ3) is 2.94. The number of para-hydroxylation sites is 1. The Balaban J connectivity index is 1.82. The molecule has 0 atom stereocenters. The third-order valence-corrected chi connectivity index (χ3v) is 5.93. The van der Waals surface area contributed by atoms with Gasteiger partial charge in [-0.15, -0.1) is 0 Å². The first-order chi connectivity index (χ1) is 14.5. The van der Waals surface area contributed by atoms with Crippen LogP contribution in [-0.2, 0) is 7.05 Å². The fourth-order valence-corrected chi connectivity index (χ4v) is 4.41. The number of aryl methyl sites for hydroxylation is 3. The van der Waals surface area contributed by atoms with Gasteiger partial charge in [0, 0.05) is 35.6 Å². The maximum Gasteiger partial charge on any atom is 0.287 e. The number of rotatable bonds is 2. The van der Waals surface area contributed by atoms with Crippen molar-refractivity contribution in [2.24, 2.45) is 7.05 Å². The molecule has 0 aliphatic carbocycles. The highest BCUT2D eigenvalue weighted by atomic mass is 15.0. The quantitative estimate of drug-likeness (QED) is 0.384. The van der Waals surface area contributed by atoms with Gasteiger partial charge in [0.05, 0.1) is 12.4 Å². The molecule has 0 saturated heterocycles. The molecule has 5 aromatic rings. The minimum atomic E-state index is 1.02. The van der Waals surface area contributed by atoms with Crippen molar-refractivity contribution in [2.75, 3.05) is 0 Å². The summed E-state index contributed by atoms with van der Waals surface area (Å²) in [5, 5.41) is 3.68. The van der Waals surface area contributed by atoms with Gasteiger partial charge in [-0.25, -0.2) is 4.57 Å². The summed E-state index contributed by atoms with van der Waals surface area (Å²) in [6, 6.07) is 23.7. The summed E-state index contributed by atoms with van der Waals surface area (Å²) >= 11 is 0. The monoisotopic (exact) mass is 391 g/mol. The molecule has 30 heavy (non-hydrogen) atoms. The molecule has 0 amide bonds. The Hall–Kier alpha value is -3.59. The van der Waals surface area contributed by atoms with Crippen molar-refractivity contribution in [1.82, 2.24) is 4.98 Å². The second-order valence-electron chi connectivity index (χ2n) is 8.09. The van der Waals surface area contributed by atoms with Gasteiger partial charge in [-0.1, -0.05) is 30.3 Å². The largest absolute Gasteiger partial charge is 0.287 e. The number of hydrogen-bond donors (Lipinski definition) is 0. The van der Waals surface area contributed by atoms with E-state index in [0.29, 0.717) is 0 Å². The SMILES string of the molecule is Cc1cc(-c2c3ccccc3nc[n+]2C)c(C)c(-[n+]2cc3ccccc3cc2C)c1. The number of nitrogens with zero attached hydrogens (tertiary/aromatic N) is 3. The van der Waals surface area contributed by atoms with Gasteiger partial charge in [0.25, 0.3) is 6.33 Å². The van der Waals surface area contributed by atoms with E-state index in [2.05, 4.69) is 109 Å². The maximum absolute atomic E-state index is 4.61. The van der Waals surface area contributed by atoms with E-state index in [9.17, 15) is 0 Å². The van der Waals surface area contributed by atoms with Gasteiger partial charge >= 0.3 is 0 Å². The zero-order valence-corrected chi connectivity index (χ0v) is 17.8. The van der Waals surface area contributed by atoms with Crippen molar-refractivity contribution in [3.63, 3.8) is 0 Å². The van der Waals surface area contributed by atoms with E-state index in [1.807, 2.05) is 12.4 Å².